The number of carbonyl (C=O) groups excluding carboxylic acids is 2. The zero-order valence-electron chi connectivity index (χ0n) is 18.3. The number of hydrogen-bond acceptors (Lipinski definition) is 3. The third kappa shape index (κ3) is 4.10. The summed E-state index contributed by atoms with van der Waals surface area (Å²) in [6.07, 6.45) is 2.52. The minimum atomic E-state index is -0.206. The van der Waals surface area contributed by atoms with Crippen molar-refractivity contribution in [3.05, 3.63) is 93.1 Å². The van der Waals surface area contributed by atoms with Crippen molar-refractivity contribution < 1.29 is 9.59 Å². The van der Waals surface area contributed by atoms with Gasteiger partial charge in [0.25, 0.3) is 11.1 Å². The van der Waals surface area contributed by atoms with Crippen molar-refractivity contribution in [3.8, 4) is 5.69 Å². The van der Waals surface area contributed by atoms with E-state index in [0.717, 1.165) is 40.0 Å². The molecule has 1 aliphatic heterocycles. The first-order chi connectivity index (χ1) is 14.9. The van der Waals surface area contributed by atoms with Crippen LogP contribution in [-0.4, -0.2) is 27.2 Å². The highest BCUT2D eigenvalue weighted by Gasteiger charge is 2.34. The fourth-order valence-electron chi connectivity index (χ4n) is 4.00. The van der Waals surface area contributed by atoms with Crippen LogP contribution in [0.15, 0.2) is 59.5 Å². The normalized spacial score (nSPS) is 15.4. The molecule has 5 heteroatoms. The van der Waals surface area contributed by atoms with Gasteiger partial charge in [0.1, 0.15) is 0 Å². The molecule has 158 valence electrons. The van der Waals surface area contributed by atoms with Crippen molar-refractivity contribution in [2.75, 3.05) is 6.54 Å². The zero-order valence-corrected chi connectivity index (χ0v) is 19.1. The van der Waals surface area contributed by atoms with E-state index >= 15 is 0 Å². The molecule has 0 bridgehead atoms. The van der Waals surface area contributed by atoms with Crippen molar-refractivity contribution in [1.29, 1.82) is 0 Å². The Balaban J connectivity index is 1.60. The van der Waals surface area contributed by atoms with Crippen LogP contribution in [0.2, 0.25) is 0 Å². The third-order valence-electron chi connectivity index (χ3n) is 5.91. The average Bonchev–Trinajstić information content (AvgIpc) is 3.18. The number of aromatic nitrogens is 1. The fraction of sp³-hybridized carbons (Fsp3) is 0.231. The van der Waals surface area contributed by atoms with E-state index in [9.17, 15) is 9.59 Å². The first-order valence-corrected chi connectivity index (χ1v) is 11.2. The van der Waals surface area contributed by atoms with Crippen LogP contribution in [0.3, 0.4) is 0 Å². The van der Waals surface area contributed by atoms with Gasteiger partial charge in [-0.3, -0.25) is 14.5 Å². The van der Waals surface area contributed by atoms with E-state index in [1.54, 1.807) is 0 Å². The smallest absolute Gasteiger partial charge is 0.293 e. The monoisotopic (exact) mass is 430 g/mol. The molecular weight excluding hydrogens is 404 g/mol. The average molecular weight is 431 g/mol. The molecule has 1 saturated heterocycles. The Bertz CT molecular complexity index is 1190. The summed E-state index contributed by atoms with van der Waals surface area (Å²) in [4.78, 5) is 27.3. The zero-order chi connectivity index (χ0) is 22.1. The number of imide groups is 1. The molecule has 2 heterocycles. The van der Waals surface area contributed by atoms with Crippen LogP contribution in [-0.2, 0) is 11.2 Å². The van der Waals surface area contributed by atoms with Gasteiger partial charge in [-0.05, 0) is 86.3 Å². The molecule has 31 heavy (non-hydrogen) atoms. The van der Waals surface area contributed by atoms with Gasteiger partial charge in [0.2, 0.25) is 0 Å². The number of carbonyl (C=O) groups is 2. The quantitative estimate of drug-likeness (QED) is 0.467. The van der Waals surface area contributed by atoms with Gasteiger partial charge >= 0.3 is 0 Å². The lowest BCUT2D eigenvalue weighted by Crippen LogP contribution is -2.30. The lowest BCUT2D eigenvalue weighted by Gasteiger charge is -2.14. The minimum absolute atomic E-state index is 0.199. The topological polar surface area (TPSA) is 42.3 Å². The van der Waals surface area contributed by atoms with Crippen molar-refractivity contribution in [2.45, 2.75) is 34.1 Å². The molecule has 1 aliphatic rings. The summed E-state index contributed by atoms with van der Waals surface area (Å²) in [5.41, 5.74) is 7.85. The van der Waals surface area contributed by atoms with Gasteiger partial charge < -0.3 is 4.57 Å². The summed E-state index contributed by atoms with van der Waals surface area (Å²) in [6, 6.07) is 18.3. The van der Waals surface area contributed by atoms with E-state index in [1.165, 1.54) is 16.0 Å². The largest absolute Gasteiger partial charge is 0.318 e. The van der Waals surface area contributed by atoms with E-state index in [4.69, 9.17) is 0 Å². The van der Waals surface area contributed by atoms with Crippen LogP contribution in [0.4, 0.5) is 4.79 Å². The lowest BCUT2D eigenvalue weighted by molar-refractivity contribution is -0.122. The maximum Gasteiger partial charge on any atom is 0.293 e. The molecule has 1 fully saturated rings. The fourth-order valence-corrected chi connectivity index (χ4v) is 4.86. The van der Waals surface area contributed by atoms with Crippen LogP contribution >= 0.6 is 11.8 Å². The predicted octanol–water partition coefficient (Wildman–Crippen LogP) is 5.99. The number of hydrogen-bond donors (Lipinski definition) is 0. The lowest BCUT2D eigenvalue weighted by atomic mass is 10.1. The number of thioether (sulfide) groups is 1. The summed E-state index contributed by atoms with van der Waals surface area (Å²) >= 11 is 1.03. The number of aryl methyl sites for hydroxylation is 2. The molecule has 0 N–H and O–H groups in total. The van der Waals surface area contributed by atoms with Gasteiger partial charge in [0.15, 0.2) is 0 Å². The van der Waals surface area contributed by atoms with Crippen LogP contribution < -0.4 is 0 Å². The highest BCUT2D eigenvalue weighted by Crippen LogP contribution is 2.34. The van der Waals surface area contributed by atoms with Crippen molar-refractivity contribution in [2.24, 2.45) is 0 Å². The molecule has 0 aliphatic carbocycles. The Hall–Kier alpha value is -3.05. The molecule has 0 radical (unpaired) electrons. The van der Waals surface area contributed by atoms with Gasteiger partial charge in [-0.2, -0.15) is 0 Å². The molecule has 2 amide bonds. The molecule has 4 rings (SSSR count). The first kappa shape index (κ1) is 21.2. The van der Waals surface area contributed by atoms with Crippen molar-refractivity contribution in [3.63, 3.8) is 0 Å². The molecule has 0 unspecified atom stereocenters. The Morgan fingerprint density at radius 3 is 2.42 bits per heavy atom. The van der Waals surface area contributed by atoms with Crippen LogP contribution in [0.5, 0.6) is 0 Å². The summed E-state index contributed by atoms with van der Waals surface area (Å²) < 4.78 is 2.22. The first-order valence-electron chi connectivity index (χ1n) is 10.4. The van der Waals surface area contributed by atoms with Gasteiger partial charge in [0.05, 0.1) is 4.91 Å². The van der Waals surface area contributed by atoms with E-state index in [1.807, 2.05) is 36.4 Å². The SMILES string of the molecule is Cc1cccc(-n2c(C)cc(/C=C3\SC(=O)N(CCc4ccccc4)C3=O)c2C)c1C. The Morgan fingerprint density at radius 2 is 1.68 bits per heavy atom. The van der Waals surface area contributed by atoms with Gasteiger partial charge in [0, 0.05) is 23.6 Å². The summed E-state index contributed by atoms with van der Waals surface area (Å²) in [7, 11) is 0. The summed E-state index contributed by atoms with van der Waals surface area (Å²) in [5, 5.41) is -0.199. The van der Waals surface area contributed by atoms with Crippen molar-refractivity contribution in [1.82, 2.24) is 9.47 Å². The second-order valence-electron chi connectivity index (χ2n) is 7.95. The van der Waals surface area contributed by atoms with Gasteiger partial charge in [-0.1, -0.05) is 42.5 Å². The molecule has 0 saturated carbocycles. The Morgan fingerprint density at radius 1 is 0.935 bits per heavy atom. The molecule has 1 aromatic heterocycles. The Labute approximate surface area is 187 Å². The number of nitrogens with zero attached hydrogens (tertiary/aromatic N) is 2. The number of benzene rings is 2. The second-order valence-corrected chi connectivity index (χ2v) is 8.94. The molecule has 4 nitrogen and oxygen atoms in total. The maximum absolute atomic E-state index is 12.9. The number of amides is 2. The summed E-state index contributed by atoms with van der Waals surface area (Å²) in [6.45, 7) is 8.76. The standard InChI is InChI=1S/C26H26N2O2S/c1-17-9-8-12-23(19(17)3)28-18(2)15-22(20(28)4)16-24-25(29)27(26(30)31-24)14-13-21-10-6-5-7-11-21/h5-12,15-16H,13-14H2,1-4H3/b24-16-. The van der Waals surface area contributed by atoms with Crippen LogP contribution in [0.1, 0.15) is 33.6 Å². The van der Waals surface area contributed by atoms with E-state index in [2.05, 4.69) is 56.5 Å². The van der Waals surface area contributed by atoms with Crippen LogP contribution in [0, 0.1) is 27.7 Å². The molecule has 0 atom stereocenters. The molecule has 2 aromatic carbocycles. The van der Waals surface area contributed by atoms with E-state index in [0.29, 0.717) is 17.9 Å². The number of rotatable bonds is 5. The van der Waals surface area contributed by atoms with E-state index in [-0.39, 0.29) is 11.1 Å². The van der Waals surface area contributed by atoms with Gasteiger partial charge in [-0.15, -0.1) is 0 Å². The van der Waals surface area contributed by atoms with Gasteiger partial charge in [-0.25, -0.2) is 0 Å². The highest BCUT2D eigenvalue weighted by atomic mass is 32.2. The second kappa shape index (κ2) is 8.60. The molecular formula is C26H26N2O2S. The Kier molecular flexibility index (Phi) is 5.88. The highest BCUT2D eigenvalue weighted by molar-refractivity contribution is 8.18. The maximum atomic E-state index is 12.9. The summed E-state index contributed by atoms with van der Waals surface area (Å²) in [5.74, 6) is -0.206. The predicted molar refractivity (Wildman–Crippen MR) is 128 cm³/mol. The van der Waals surface area contributed by atoms with Crippen molar-refractivity contribution >= 4 is 29.0 Å². The molecule has 0 spiro atoms. The van der Waals surface area contributed by atoms with Crippen LogP contribution in [0.25, 0.3) is 11.8 Å². The van der Waals surface area contributed by atoms with E-state index < -0.39 is 0 Å². The minimum Gasteiger partial charge on any atom is -0.318 e. The third-order valence-corrected chi connectivity index (χ3v) is 6.82. The molecule has 3 aromatic rings.